The Morgan fingerprint density at radius 1 is 0.935 bits per heavy atom. The van der Waals surface area contributed by atoms with Crippen molar-refractivity contribution in [3.05, 3.63) is 72.8 Å². The highest BCUT2D eigenvalue weighted by atomic mass is 32.2. The first kappa shape index (κ1) is 19.4. The first-order valence-corrected chi connectivity index (χ1v) is 10.9. The molecule has 6 nitrogen and oxygen atoms in total. The molecule has 0 atom stereocenters. The molecule has 0 N–H and O–H groups in total. The van der Waals surface area contributed by atoms with Crippen molar-refractivity contribution in [2.45, 2.75) is 12.1 Å². The summed E-state index contributed by atoms with van der Waals surface area (Å²) in [6, 6.07) is 23.3. The predicted octanol–water partition coefficient (Wildman–Crippen LogP) is 5.68. The van der Waals surface area contributed by atoms with E-state index in [0.29, 0.717) is 17.7 Å². The molecule has 0 spiro atoms. The largest absolute Gasteiger partial charge is 0.494 e. The van der Waals surface area contributed by atoms with Crippen molar-refractivity contribution in [3.8, 4) is 17.2 Å². The van der Waals surface area contributed by atoms with E-state index < -0.39 is 0 Å². The number of aromatic nitrogens is 3. The molecule has 0 aliphatic carbocycles. The summed E-state index contributed by atoms with van der Waals surface area (Å²) in [4.78, 5) is 13.1. The van der Waals surface area contributed by atoms with Gasteiger partial charge in [-0.15, -0.1) is 10.2 Å². The summed E-state index contributed by atoms with van der Waals surface area (Å²) < 4.78 is 13.0. The second-order valence-corrected chi connectivity index (χ2v) is 7.81. The zero-order valence-corrected chi connectivity index (χ0v) is 17.6. The smallest absolute Gasteiger partial charge is 0.277 e. The molecule has 0 fully saturated rings. The highest BCUT2D eigenvalue weighted by Gasteiger charge is 2.17. The van der Waals surface area contributed by atoms with Crippen molar-refractivity contribution in [3.63, 3.8) is 0 Å². The van der Waals surface area contributed by atoms with Crippen molar-refractivity contribution in [1.82, 2.24) is 14.8 Å². The van der Waals surface area contributed by atoms with Crippen LogP contribution in [-0.2, 0) is 0 Å². The van der Waals surface area contributed by atoms with Gasteiger partial charge in [-0.05, 0) is 43.3 Å². The van der Waals surface area contributed by atoms with Crippen molar-refractivity contribution in [2.75, 3.05) is 12.4 Å². The van der Waals surface area contributed by atoms with Gasteiger partial charge in [-0.3, -0.25) is 9.36 Å². The minimum Gasteiger partial charge on any atom is -0.494 e. The molecule has 7 heteroatoms. The number of fused-ring (bicyclic) bond motifs is 3. The molecule has 2 heterocycles. The number of rotatable bonds is 6. The lowest BCUT2D eigenvalue weighted by Gasteiger charge is -2.04. The van der Waals surface area contributed by atoms with Crippen LogP contribution in [0.5, 0.6) is 5.75 Å². The molecule has 0 bridgehead atoms. The maximum Gasteiger partial charge on any atom is 0.277 e. The fraction of sp³-hybridized carbons (Fsp3) is 0.125. The Bertz CT molecular complexity index is 1320. The fourth-order valence-electron chi connectivity index (χ4n) is 3.62. The van der Waals surface area contributed by atoms with E-state index in [4.69, 9.17) is 9.15 Å². The van der Waals surface area contributed by atoms with Crippen LogP contribution >= 0.6 is 11.8 Å². The van der Waals surface area contributed by atoms with E-state index in [1.807, 2.05) is 79.7 Å². The Morgan fingerprint density at radius 3 is 2.23 bits per heavy atom. The summed E-state index contributed by atoms with van der Waals surface area (Å²) in [5.74, 6) is 1.35. The van der Waals surface area contributed by atoms with Crippen LogP contribution < -0.4 is 4.74 Å². The van der Waals surface area contributed by atoms with Gasteiger partial charge in [-0.25, -0.2) is 0 Å². The fourth-order valence-corrected chi connectivity index (χ4v) is 4.24. The Labute approximate surface area is 182 Å². The molecule has 31 heavy (non-hydrogen) atoms. The lowest BCUT2D eigenvalue weighted by atomic mass is 10.2. The van der Waals surface area contributed by atoms with Gasteiger partial charge >= 0.3 is 0 Å². The van der Waals surface area contributed by atoms with Crippen LogP contribution in [0.1, 0.15) is 11.7 Å². The summed E-state index contributed by atoms with van der Waals surface area (Å²) in [7, 11) is 0. The van der Waals surface area contributed by atoms with Gasteiger partial charge in [0, 0.05) is 16.3 Å². The number of ether oxygens (including phenoxy) is 1. The Balaban J connectivity index is 1.36. The summed E-state index contributed by atoms with van der Waals surface area (Å²) >= 11 is 1.24. The van der Waals surface area contributed by atoms with Gasteiger partial charge in [0.1, 0.15) is 5.75 Å². The van der Waals surface area contributed by atoms with Crippen molar-refractivity contribution < 1.29 is 13.9 Å². The van der Waals surface area contributed by atoms with E-state index in [9.17, 15) is 4.79 Å². The van der Waals surface area contributed by atoms with E-state index in [0.717, 1.165) is 33.1 Å². The van der Waals surface area contributed by atoms with Crippen LogP contribution in [0.25, 0.3) is 33.3 Å². The van der Waals surface area contributed by atoms with Gasteiger partial charge in [0.15, 0.2) is 0 Å². The third-order valence-electron chi connectivity index (χ3n) is 4.97. The van der Waals surface area contributed by atoms with Crippen LogP contribution in [0.4, 0.5) is 0 Å². The monoisotopic (exact) mass is 429 g/mol. The first-order chi connectivity index (χ1) is 15.2. The average Bonchev–Trinajstić information content (AvgIpc) is 3.41. The molecule has 0 amide bonds. The minimum absolute atomic E-state index is 0.0387. The van der Waals surface area contributed by atoms with Crippen LogP contribution in [0.15, 0.2) is 82.4 Å². The Kier molecular flexibility index (Phi) is 5.18. The summed E-state index contributed by atoms with van der Waals surface area (Å²) in [5.41, 5.74) is 2.60. The summed E-state index contributed by atoms with van der Waals surface area (Å²) in [5, 5.41) is 10.7. The van der Waals surface area contributed by atoms with Crippen LogP contribution in [0.2, 0.25) is 0 Å². The molecule has 0 saturated carbocycles. The molecule has 3 aromatic carbocycles. The molecular formula is C24H19N3O3S. The minimum atomic E-state index is -0.0387. The molecule has 0 aliphatic rings. The van der Waals surface area contributed by atoms with Gasteiger partial charge < -0.3 is 9.15 Å². The van der Waals surface area contributed by atoms with E-state index in [-0.39, 0.29) is 11.7 Å². The number of nitrogens with zero attached hydrogens (tertiary/aromatic N) is 3. The van der Waals surface area contributed by atoms with Gasteiger partial charge in [0.05, 0.1) is 23.4 Å². The predicted molar refractivity (Wildman–Crippen MR) is 122 cm³/mol. The van der Waals surface area contributed by atoms with Crippen molar-refractivity contribution >= 4 is 39.5 Å². The molecule has 0 aliphatic heterocycles. The topological polar surface area (TPSA) is 70.2 Å². The maximum absolute atomic E-state index is 13.1. The van der Waals surface area contributed by atoms with E-state index in [2.05, 4.69) is 10.2 Å². The second kappa shape index (κ2) is 8.28. The lowest BCUT2D eigenvalue weighted by Crippen LogP contribution is -2.12. The van der Waals surface area contributed by atoms with Crippen LogP contribution in [0.3, 0.4) is 0 Å². The summed E-state index contributed by atoms with van der Waals surface area (Å²) in [6.07, 6.45) is 0. The number of hydrogen-bond acceptors (Lipinski definition) is 6. The highest BCUT2D eigenvalue weighted by Crippen LogP contribution is 2.30. The molecule has 154 valence electrons. The number of benzene rings is 3. The normalized spacial score (nSPS) is 11.3. The van der Waals surface area contributed by atoms with E-state index in [1.165, 1.54) is 11.8 Å². The standard InChI is InChI=1S/C24H19N3O3S/c1-2-29-17-13-11-16(12-14-17)23-25-26-24(30-23)31-15-22(28)27-20-9-5-3-7-18(20)19-8-4-6-10-21(19)27/h3-14H,2,15H2,1H3. The highest BCUT2D eigenvalue weighted by molar-refractivity contribution is 7.99. The summed E-state index contributed by atoms with van der Waals surface area (Å²) in [6.45, 7) is 2.55. The molecule has 0 radical (unpaired) electrons. The Hall–Kier alpha value is -3.58. The number of carbonyl (C=O) groups excluding carboxylic acids is 1. The second-order valence-electron chi connectivity index (χ2n) is 6.88. The quantitative estimate of drug-likeness (QED) is 0.324. The number of thioether (sulfide) groups is 1. The van der Waals surface area contributed by atoms with Crippen molar-refractivity contribution in [2.24, 2.45) is 0 Å². The molecule has 0 saturated heterocycles. The number of hydrogen-bond donors (Lipinski definition) is 0. The zero-order chi connectivity index (χ0) is 21.2. The van der Waals surface area contributed by atoms with Gasteiger partial charge in [0.2, 0.25) is 11.8 Å². The number of para-hydroxylation sites is 2. The van der Waals surface area contributed by atoms with Crippen LogP contribution in [0, 0.1) is 0 Å². The molecule has 5 aromatic rings. The Morgan fingerprint density at radius 2 is 1.58 bits per heavy atom. The average molecular weight is 430 g/mol. The third-order valence-corrected chi connectivity index (χ3v) is 5.77. The third kappa shape index (κ3) is 3.68. The van der Waals surface area contributed by atoms with Gasteiger partial charge in [-0.2, -0.15) is 0 Å². The number of carbonyl (C=O) groups is 1. The van der Waals surface area contributed by atoms with Gasteiger partial charge in [-0.1, -0.05) is 48.2 Å². The maximum atomic E-state index is 13.1. The molecule has 2 aromatic heterocycles. The lowest BCUT2D eigenvalue weighted by molar-refractivity contribution is 0.0951. The van der Waals surface area contributed by atoms with E-state index >= 15 is 0 Å². The van der Waals surface area contributed by atoms with Crippen molar-refractivity contribution in [1.29, 1.82) is 0 Å². The first-order valence-electron chi connectivity index (χ1n) is 9.95. The van der Waals surface area contributed by atoms with Gasteiger partial charge in [0.25, 0.3) is 5.22 Å². The molecule has 5 rings (SSSR count). The zero-order valence-electron chi connectivity index (χ0n) is 16.8. The molecule has 0 unspecified atom stereocenters. The van der Waals surface area contributed by atoms with E-state index in [1.54, 1.807) is 4.57 Å². The van der Waals surface area contributed by atoms with Crippen LogP contribution in [-0.4, -0.2) is 33.0 Å². The molecular weight excluding hydrogens is 410 g/mol. The SMILES string of the molecule is CCOc1ccc(-c2nnc(SCC(=O)n3c4ccccc4c4ccccc43)o2)cc1.